The lowest BCUT2D eigenvalue weighted by atomic mass is 9.95. The zero-order valence-electron chi connectivity index (χ0n) is 12.9. The van der Waals surface area contributed by atoms with Crippen molar-refractivity contribution < 1.29 is 19.2 Å². The lowest BCUT2D eigenvalue weighted by Crippen LogP contribution is -2.44. The Morgan fingerprint density at radius 1 is 1.43 bits per heavy atom. The molecule has 9 heteroatoms. The van der Waals surface area contributed by atoms with E-state index in [9.17, 15) is 19.7 Å². The molecule has 1 aliphatic rings. The Hall–Kier alpha value is -2.45. The van der Waals surface area contributed by atoms with Gasteiger partial charge in [0.05, 0.1) is 18.0 Å². The van der Waals surface area contributed by atoms with Crippen LogP contribution in [0.25, 0.3) is 0 Å². The zero-order valence-corrected chi connectivity index (χ0v) is 12.9. The molecule has 0 aromatic carbocycles. The van der Waals surface area contributed by atoms with E-state index in [-0.39, 0.29) is 36.1 Å². The molecule has 0 aliphatic heterocycles. The second kappa shape index (κ2) is 7.70. The summed E-state index contributed by atoms with van der Waals surface area (Å²) in [5.41, 5.74) is -0.167. The molecular formula is C14H20N4O5. The van der Waals surface area contributed by atoms with Gasteiger partial charge in [-0.1, -0.05) is 19.3 Å². The summed E-state index contributed by atoms with van der Waals surface area (Å²) in [6.07, 6.45) is 6.57. The number of rotatable bonds is 5. The van der Waals surface area contributed by atoms with Crippen LogP contribution in [-0.2, 0) is 20.9 Å². The number of hydrogen-bond donors (Lipinski definition) is 1. The molecule has 1 fully saturated rings. The molecule has 9 nitrogen and oxygen atoms in total. The Labute approximate surface area is 133 Å². The van der Waals surface area contributed by atoms with Gasteiger partial charge in [-0.25, -0.2) is 0 Å². The molecule has 1 aromatic rings. The van der Waals surface area contributed by atoms with Crippen molar-refractivity contribution in [3.8, 4) is 0 Å². The van der Waals surface area contributed by atoms with E-state index in [1.807, 2.05) is 0 Å². The molecule has 0 saturated heterocycles. The van der Waals surface area contributed by atoms with Gasteiger partial charge in [-0.15, -0.1) is 0 Å². The van der Waals surface area contributed by atoms with Gasteiger partial charge in [0.25, 0.3) is 0 Å². The summed E-state index contributed by atoms with van der Waals surface area (Å²) in [5.74, 6) is -0.992. The summed E-state index contributed by atoms with van der Waals surface area (Å²) in [7, 11) is 1.34. The number of nitrogens with one attached hydrogen (secondary N) is 1. The fourth-order valence-corrected chi connectivity index (χ4v) is 2.85. The van der Waals surface area contributed by atoms with Crippen LogP contribution in [0.2, 0.25) is 0 Å². The van der Waals surface area contributed by atoms with Crippen LogP contribution >= 0.6 is 0 Å². The van der Waals surface area contributed by atoms with Crippen LogP contribution in [0.1, 0.15) is 32.1 Å². The zero-order chi connectivity index (χ0) is 16.8. The highest BCUT2D eigenvalue weighted by Crippen LogP contribution is 2.24. The number of nitrogens with zero attached hydrogens (tertiary/aromatic N) is 3. The molecule has 0 bridgehead atoms. The standard InChI is InChI=1S/C14H20N4O5/c1-23-14(20)11-5-3-2-4-6-12(11)16-13(19)9-17-8-10(7-15-17)18(21)22/h7-8,11-12H,2-6,9H2,1H3,(H,16,19)/t11-,12+/m1/s1. The van der Waals surface area contributed by atoms with E-state index in [1.165, 1.54) is 18.0 Å². The third-order valence-electron chi connectivity index (χ3n) is 4.00. The third kappa shape index (κ3) is 4.51. The van der Waals surface area contributed by atoms with Crippen LogP contribution in [0.5, 0.6) is 0 Å². The van der Waals surface area contributed by atoms with Crippen molar-refractivity contribution in [2.45, 2.75) is 44.7 Å². The molecule has 1 aromatic heterocycles. The topological polar surface area (TPSA) is 116 Å². The number of methoxy groups -OCH3 is 1. The van der Waals surface area contributed by atoms with Gasteiger partial charge in [-0.2, -0.15) is 5.10 Å². The molecule has 23 heavy (non-hydrogen) atoms. The van der Waals surface area contributed by atoms with Crippen molar-refractivity contribution in [1.29, 1.82) is 0 Å². The van der Waals surface area contributed by atoms with E-state index in [0.717, 1.165) is 25.5 Å². The van der Waals surface area contributed by atoms with Crippen molar-refractivity contribution in [3.05, 3.63) is 22.5 Å². The summed E-state index contributed by atoms with van der Waals surface area (Å²) in [5, 5.41) is 17.2. The van der Waals surface area contributed by atoms with Gasteiger partial charge >= 0.3 is 11.7 Å². The van der Waals surface area contributed by atoms with Crippen LogP contribution in [0.3, 0.4) is 0 Å². The highest BCUT2D eigenvalue weighted by Gasteiger charge is 2.31. The second-order valence-corrected chi connectivity index (χ2v) is 5.59. The predicted molar refractivity (Wildman–Crippen MR) is 79.4 cm³/mol. The van der Waals surface area contributed by atoms with Gasteiger partial charge in [-0.05, 0) is 12.8 Å². The van der Waals surface area contributed by atoms with Crippen molar-refractivity contribution in [1.82, 2.24) is 15.1 Å². The molecular weight excluding hydrogens is 304 g/mol. The maximum absolute atomic E-state index is 12.1. The van der Waals surface area contributed by atoms with Crippen LogP contribution in [-0.4, -0.2) is 39.7 Å². The first kappa shape index (κ1) is 16.9. The Balaban J connectivity index is 1.98. The number of aromatic nitrogens is 2. The van der Waals surface area contributed by atoms with Gasteiger partial charge in [-0.3, -0.25) is 24.4 Å². The van der Waals surface area contributed by atoms with Gasteiger partial charge < -0.3 is 10.1 Å². The lowest BCUT2D eigenvalue weighted by Gasteiger charge is -2.24. The summed E-state index contributed by atoms with van der Waals surface area (Å²) in [6.45, 7) is -0.127. The number of carbonyl (C=O) groups excluding carboxylic acids is 2. The lowest BCUT2D eigenvalue weighted by molar-refractivity contribution is -0.385. The maximum atomic E-state index is 12.1. The first-order chi connectivity index (χ1) is 11.0. The number of carbonyl (C=O) groups is 2. The quantitative estimate of drug-likeness (QED) is 0.374. The molecule has 0 unspecified atom stereocenters. The number of nitro groups is 1. The van der Waals surface area contributed by atoms with E-state index in [0.29, 0.717) is 12.8 Å². The van der Waals surface area contributed by atoms with Crippen molar-refractivity contribution in [2.24, 2.45) is 5.92 Å². The highest BCUT2D eigenvalue weighted by molar-refractivity contribution is 5.78. The van der Waals surface area contributed by atoms with E-state index in [4.69, 9.17) is 4.74 Å². The van der Waals surface area contributed by atoms with E-state index >= 15 is 0 Å². The minimum absolute atomic E-state index is 0.127. The van der Waals surface area contributed by atoms with E-state index < -0.39 is 4.92 Å². The number of esters is 1. The average molecular weight is 324 g/mol. The highest BCUT2D eigenvalue weighted by atomic mass is 16.6. The molecule has 1 heterocycles. The van der Waals surface area contributed by atoms with Gasteiger partial charge in [0.1, 0.15) is 18.9 Å². The van der Waals surface area contributed by atoms with Gasteiger partial charge in [0, 0.05) is 6.04 Å². The third-order valence-corrected chi connectivity index (χ3v) is 4.00. The first-order valence-electron chi connectivity index (χ1n) is 7.55. The minimum Gasteiger partial charge on any atom is -0.469 e. The van der Waals surface area contributed by atoms with E-state index in [1.54, 1.807) is 0 Å². The predicted octanol–water partition coefficient (Wildman–Crippen LogP) is 1.03. The Kier molecular flexibility index (Phi) is 5.67. The smallest absolute Gasteiger partial charge is 0.310 e. The Bertz CT molecular complexity index is 585. The fourth-order valence-electron chi connectivity index (χ4n) is 2.85. The average Bonchev–Trinajstić information content (AvgIpc) is 2.86. The largest absolute Gasteiger partial charge is 0.469 e. The maximum Gasteiger partial charge on any atom is 0.310 e. The number of ether oxygens (including phenoxy) is 1. The SMILES string of the molecule is COC(=O)[C@@H]1CCCCC[C@@H]1NC(=O)Cn1cc([N+](=O)[O-])cn1. The van der Waals surface area contributed by atoms with Crippen LogP contribution in [0, 0.1) is 16.0 Å². The van der Waals surface area contributed by atoms with Crippen LogP contribution in [0.15, 0.2) is 12.4 Å². The Morgan fingerprint density at radius 3 is 2.83 bits per heavy atom. The Morgan fingerprint density at radius 2 is 2.17 bits per heavy atom. The molecule has 2 rings (SSSR count). The summed E-state index contributed by atoms with van der Waals surface area (Å²) < 4.78 is 6.03. The normalized spacial score (nSPS) is 21.3. The summed E-state index contributed by atoms with van der Waals surface area (Å²) >= 11 is 0. The monoisotopic (exact) mass is 324 g/mol. The first-order valence-corrected chi connectivity index (χ1v) is 7.55. The number of amides is 1. The molecule has 2 atom stereocenters. The molecule has 1 saturated carbocycles. The number of hydrogen-bond acceptors (Lipinski definition) is 6. The van der Waals surface area contributed by atoms with E-state index in [2.05, 4.69) is 10.4 Å². The molecule has 1 N–H and O–H groups in total. The van der Waals surface area contributed by atoms with Crippen LogP contribution in [0.4, 0.5) is 5.69 Å². The second-order valence-electron chi connectivity index (χ2n) is 5.59. The molecule has 126 valence electrons. The summed E-state index contributed by atoms with van der Waals surface area (Å²) in [4.78, 5) is 34.1. The summed E-state index contributed by atoms with van der Waals surface area (Å²) in [6, 6.07) is -0.275. The van der Waals surface area contributed by atoms with Gasteiger partial charge in [0.2, 0.25) is 5.91 Å². The molecule has 0 radical (unpaired) electrons. The molecule has 0 spiro atoms. The van der Waals surface area contributed by atoms with Crippen LogP contribution < -0.4 is 5.32 Å². The van der Waals surface area contributed by atoms with Crippen molar-refractivity contribution in [2.75, 3.05) is 7.11 Å². The van der Waals surface area contributed by atoms with Gasteiger partial charge in [0.15, 0.2) is 0 Å². The molecule has 1 amide bonds. The fraction of sp³-hybridized carbons (Fsp3) is 0.643. The minimum atomic E-state index is -0.569. The van der Waals surface area contributed by atoms with Crippen molar-refractivity contribution >= 4 is 17.6 Å². The molecule has 1 aliphatic carbocycles. The van der Waals surface area contributed by atoms with Crippen molar-refractivity contribution in [3.63, 3.8) is 0 Å².